The first-order chi connectivity index (χ1) is 7.19. The summed E-state index contributed by atoms with van der Waals surface area (Å²) in [5, 5.41) is 0. The summed E-state index contributed by atoms with van der Waals surface area (Å²) in [4.78, 5) is 9.00. The monoisotopic (exact) mass is 213 g/mol. The fraction of sp³-hybridized carbons (Fsp3) is 0.900. The SMILES string of the molecule is CCN=C(NN)N1CCN(C(C)C)CC1. The van der Waals surface area contributed by atoms with Crippen molar-refractivity contribution in [2.45, 2.75) is 26.8 Å². The quantitative estimate of drug-likeness (QED) is 0.290. The summed E-state index contributed by atoms with van der Waals surface area (Å²) < 4.78 is 0. The summed E-state index contributed by atoms with van der Waals surface area (Å²) in [6, 6.07) is 0.629. The Kier molecular flexibility index (Phi) is 4.84. The zero-order chi connectivity index (χ0) is 11.3. The maximum absolute atomic E-state index is 5.45. The summed E-state index contributed by atoms with van der Waals surface area (Å²) >= 11 is 0. The van der Waals surface area contributed by atoms with E-state index in [2.05, 4.69) is 34.1 Å². The molecule has 1 aliphatic rings. The van der Waals surface area contributed by atoms with E-state index in [-0.39, 0.29) is 0 Å². The van der Waals surface area contributed by atoms with Gasteiger partial charge in [-0.05, 0) is 20.8 Å². The molecule has 0 aromatic heterocycles. The Bertz CT molecular complexity index is 206. The van der Waals surface area contributed by atoms with Crippen LogP contribution in [0.25, 0.3) is 0 Å². The predicted molar refractivity (Wildman–Crippen MR) is 63.6 cm³/mol. The number of aliphatic imine (C=N–C) groups is 1. The number of hydrogen-bond donors (Lipinski definition) is 2. The lowest BCUT2D eigenvalue weighted by Crippen LogP contribution is -2.55. The fourth-order valence-electron chi connectivity index (χ4n) is 1.84. The number of hydrazine groups is 1. The van der Waals surface area contributed by atoms with Gasteiger partial charge in [-0.25, -0.2) is 5.84 Å². The maximum Gasteiger partial charge on any atom is 0.208 e. The van der Waals surface area contributed by atoms with Gasteiger partial charge in [-0.15, -0.1) is 0 Å². The summed E-state index contributed by atoms with van der Waals surface area (Å²) in [5.74, 6) is 6.27. The van der Waals surface area contributed by atoms with Crippen LogP contribution in [0.5, 0.6) is 0 Å². The molecule has 0 aliphatic carbocycles. The summed E-state index contributed by atoms with van der Waals surface area (Å²) in [7, 11) is 0. The van der Waals surface area contributed by atoms with Gasteiger partial charge in [0.2, 0.25) is 5.96 Å². The minimum Gasteiger partial charge on any atom is -0.339 e. The Hall–Kier alpha value is -0.810. The van der Waals surface area contributed by atoms with Crippen LogP contribution >= 0.6 is 0 Å². The topological polar surface area (TPSA) is 56.9 Å². The van der Waals surface area contributed by atoms with Crippen LogP contribution in [-0.2, 0) is 0 Å². The molecule has 0 saturated carbocycles. The highest BCUT2D eigenvalue weighted by Crippen LogP contribution is 2.05. The van der Waals surface area contributed by atoms with Crippen LogP contribution < -0.4 is 11.3 Å². The minimum atomic E-state index is 0.629. The van der Waals surface area contributed by atoms with E-state index in [9.17, 15) is 0 Å². The van der Waals surface area contributed by atoms with Gasteiger partial charge in [-0.3, -0.25) is 15.3 Å². The third-order valence-corrected chi connectivity index (χ3v) is 2.78. The number of nitrogens with two attached hydrogens (primary N) is 1. The Morgan fingerprint density at radius 3 is 2.33 bits per heavy atom. The summed E-state index contributed by atoms with van der Waals surface area (Å²) in [5.41, 5.74) is 2.67. The van der Waals surface area contributed by atoms with Gasteiger partial charge >= 0.3 is 0 Å². The third-order valence-electron chi connectivity index (χ3n) is 2.78. The lowest BCUT2D eigenvalue weighted by molar-refractivity contribution is 0.146. The minimum absolute atomic E-state index is 0.629. The number of piperazine rings is 1. The van der Waals surface area contributed by atoms with Gasteiger partial charge in [0.25, 0.3) is 0 Å². The van der Waals surface area contributed by atoms with Gasteiger partial charge in [0.15, 0.2) is 0 Å². The van der Waals surface area contributed by atoms with E-state index >= 15 is 0 Å². The van der Waals surface area contributed by atoms with Crippen molar-refractivity contribution in [2.24, 2.45) is 10.8 Å². The van der Waals surface area contributed by atoms with E-state index in [4.69, 9.17) is 5.84 Å². The fourth-order valence-corrected chi connectivity index (χ4v) is 1.84. The first-order valence-corrected chi connectivity index (χ1v) is 5.69. The zero-order valence-electron chi connectivity index (χ0n) is 10.0. The van der Waals surface area contributed by atoms with Crippen molar-refractivity contribution in [2.75, 3.05) is 32.7 Å². The molecule has 1 saturated heterocycles. The van der Waals surface area contributed by atoms with E-state index in [1.807, 2.05) is 6.92 Å². The van der Waals surface area contributed by atoms with Crippen molar-refractivity contribution in [1.82, 2.24) is 15.2 Å². The smallest absolute Gasteiger partial charge is 0.208 e. The highest BCUT2D eigenvalue weighted by atomic mass is 15.4. The molecule has 15 heavy (non-hydrogen) atoms. The van der Waals surface area contributed by atoms with Crippen LogP contribution in [0.15, 0.2) is 4.99 Å². The normalized spacial score (nSPS) is 19.8. The van der Waals surface area contributed by atoms with Crippen molar-refractivity contribution in [3.05, 3.63) is 0 Å². The van der Waals surface area contributed by atoms with Crippen LogP contribution in [0.3, 0.4) is 0 Å². The number of hydrogen-bond acceptors (Lipinski definition) is 3. The first-order valence-electron chi connectivity index (χ1n) is 5.69. The molecule has 0 aromatic carbocycles. The molecular formula is C10H23N5. The van der Waals surface area contributed by atoms with Gasteiger partial charge in [0, 0.05) is 38.8 Å². The standard InChI is InChI=1S/C10H23N5/c1-4-12-10(13-11)15-7-5-14(6-8-15)9(2)3/h9H,4-8,11H2,1-3H3,(H,12,13). The van der Waals surface area contributed by atoms with Gasteiger partial charge in [0.1, 0.15) is 0 Å². The molecule has 1 fully saturated rings. The molecule has 1 heterocycles. The molecule has 3 N–H and O–H groups in total. The van der Waals surface area contributed by atoms with Crippen LogP contribution in [0.2, 0.25) is 0 Å². The molecule has 0 aromatic rings. The molecule has 5 heteroatoms. The van der Waals surface area contributed by atoms with Gasteiger partial charge in [-0.2, -0.15) is 0 Å². The molecule has 88 valence electrons. The van der Waals surface area contributed by atoms with Crippen molar-refractivity contribution in [3.8, 4) is 0 Å². The number of nitrogens with zero attached hydrogens (tertiary/aromatic N) is 3. The second-order valence-electron chi connectivity index (χ2n) is 4.06. The largest absolute Gasteiger partial charge is 0.339 e. The Labute approximate surface area is 92.3 Å². The number of rotatable bonds is 2. The number of nitrogens with one attached hydrogen (secondary N) is 1. The highest BCUT2D eigenvalue weighted by molar-refractivity contribution is 5.79. The third kappa shape index (κ3) is 3.35. The molecule has 0 atom stereocenters. The van der Waals surface area contributed by atoms with Crippen molar-refractivity contribution >= 4 is 5.96 Å². The van der Waals surface area contributed by atoms with Gasteiger partial charge < -0.3 is 4.90 Å². The molecule has 5 nitrogen and oxygen atoms in total. The second kappa shape index (κ2) is 5.92. The lowest BCUT2D eigenvalue weighted by Gasteiger charge is -2.38. The molecule has 1 rings (SSSR count). The van der Waals surface area contributed by atoms with Gasteiger partial charge in [-0.1, -0.05) is 0 Å². The van der Waals surface area contributed by atoms with Crippen molar-refractivity contribution < 1.29 is 0 Å². The van der Waals surface area contributed by atoms with Crippen molar-refractivity contribution in [3.63, 3.8) is 0 Å². The van der Waals surface area contributed by atoms with Crippen LogP contribution in [0.4, 0.5) is 0 Å². The second-order valence-corrected chi connectivity index (χ2v) is 4.06. The molecule has 0 unspecified atom stereocenters. The first kappa shape index (κ1) is 12.3. The van der Waals surface area contributed by atoms with E-state index in [1.54, 1.807) is 0 Å². The van der Waals surface area contributed by atoms with E-state index in [0.717, 1.165) is 38.7 Å². The zero-order valence-corrected chi connectivity index (χ0v) is 10.0. The Morgan fingerprint density at radius 2 is 1.93 bits per heavy atom. The maximum atomic E-state index is 5.45. The summed E-state index contributed by atoms with van der Waals surface area (Å²) in [6.07, 6.45) is 0. The van der Waals surface area contributed by atoms with Crippen LogP contribution in [0, 0.1) is 0 Å². The predicted octanol–water partition coefficient (Wildman–Crippen LogP) is -0.148. The Morgan fingerprint density at radius 1 is 1.33 bits per heavy atom. The van der Waals surface area contributed by atoms with E-state index in [1.165, 1.54) is 0 Å². The Balaban J connectivity index is 2.45. The molecule has 0 radical (unpaired) electrons. The van der Waals surface area contributed by atoms with E-state index in [0.29, 0.717) is 6.04 Å². The average Bonchev–Trinajstić information content (AvgIpc) is 2.26. The van der Waals surface area contributed by atoms with E-state index < -0.39 is 0 Å². The van der Waals surface area contributed by atoms with Gasteiger partial charge in [0.05, 0.1) is 0 Å². The van der Waals surface area contributed by atoms with Crippen molar-refractivity contribution in [1.29, 1.82) is 0 Å². The molecule has 0 bridgehead atoms. The molecule has 1 aliphatic heterocycles. The summed E-state index contributed by atoms with van der Waals surface area (Å²) in [6.45, 7) is 11.4. The molecule has 0 spiro atoms. The highest BCUT2D eigenvalue weighted by Gasteiger charge is 2.20. The number of guanidine groups is 1. The van der Waals surface area contributed by atoms with Crippen LogP contribution in [-0.4, -0.2) is 54.5 Å². The molecule has 0 amide bonds. The average molecular weight is 213 g/mol. The van der Waals surface area contributed by atoms with Crippen LogP contribution in [0.1, 0.15) is 20.8 Å². The lowest BCUT2D eigenvalue weighted by atomic mass is 10.2. The molecular weight excluding hydrogens is 190 g/mol.